The van der Waals surface area contributed by atoms with Gasteiger partial charge in [-0.3, -0.25) is 0 Å². The molecule has 1 aromatic carbocycles. The van der Waals surface area contributed by atoms with E-state index >= 15 is 0 Å². The van der Waals surface area contributed by atoms with Crippen LogP contribution in [0.5, 0.6) is 11.5 Å². The molecule has 0 saturated heterocycles. The van der Waals surface area contributed by atoms with Gasteiger partial charge in [0.15, 0.2) is 11.5 Å². The Morgan fingerprint density at radius 1 is 1.39 bits per heavy atom. The van der Waals surface area contributed by atoms with Crippen LogP contribution in [0.15, 0.2) is 18.2 Å². The molecule has 1 aromatic rings. The molecule has 1 fully saturated rings. The Morgan fingerprint density at radius 3 is 2.89 bits per heavy atom. The zero-order valence-corrected chi connectivity index (χ0v) is 11.3. The summed E-state index contributed by atoms with van der Waals surface area (Å²) in [5, 5.41) is 13.2. The maximum absolute atomic E-state index is 9.64. The summed E-state index contributed by atoms with van der Waals surface area (Å²) in [6.07, 6.45) is 3.88. The van der Waals surface area contributed by atoms with Crippen molar-refractivity contribution < 1.29 is 9.84 Å². The van der Waals surface area contributed by atoms with Crippen molar-refractivity contribution in [3.05, 3.63) is 23.8 Å². The van der Waals surface area contributed by atoms with E-state index in [-0.39, 0.29) is 5.75 Å². The molecular weight excluding hydrogens is 226 g/mol. The predicted octanol–water partition coefficient (Wildman–Crippen LogP) is 3.07. The van der Waals surface area contributed by atoms with Crippen molar-refractivity contribution in [1.82, 2.24) is 5.32 Å². The van der Waals surface area contributed by atoms with Crippen molar-refractivity contribution in [2.75, 3.05) is 6.61 Å². The van der Waals surface area contributed by atoms with E-state index in [9.17, 15) is 5.11 Å². The van der Waals surface area contributed by atoms with Crippen LogP contribution >= 0.6 is 0 Å². The number of hydrogen-bond acceptors (Lipinski definition) is 3. The van der Waals surface area contributed by atoms with Gasteiger partial charge in [0.05, 0.1) is 6.61 Å². The summed E-state index contributed by atoms with van der Waals surface area (Å²) in [5.74, 6) is 1.65. The number of hydrogen-bond donors (Lipinski definition) is 2. The molecule has 2 atom stereocenters. The summed E-state index contributed by atoms with van der Waals surface area (Å²) in [4.78, 5) is 0. The Morgan fingerprint density at radius 2 is 2.22 bits per heavy atom. The van der Waals surface area contributed by atoms with Crippen molar-refractivity contribution in [1.29, 1.82) is 0 Å². The molecule has 0 radical (unpaired) electrons. The SMILES string of the molecule is CCOc1cc(CNC2CCC(C)C2)ccc1O. The summed E-state index contributed by atoms with van der Waals surface area (Å²) in [7, 11) is 0. The van der Waals surface area contributed by atoms with Gasteiger partial charge in [-0.1, -0.05) is 13.0 Å². The average molecular weight is 249 g/mol. The maximum Gasteiger partial charge on any atom is 0.161 e. The van der Waals surface area contributed by atoms with Crippen LogP contribution in [0.25, 0.3) is 0 Å². The molecule has 0 aliphatic heterocycles. The second-order valence-electron chi connectivity index (χ2n) is 5.23. The highest BCUT2D eigenvalue weighted by Crippen LogP contribution is 2.28. The fourth-order valence-electron chi connectivity index (χ4n) is 2.59. The third kappa shape index (κ3) is 3.39. The molecule has 2 unspecified atom stereocenters. The monoisotopic (exact) mass is 249 g/mol. The Balaban J connectivity index is 1.91. The molecule has 0 heterocycles. The van der Waals surface area contributed by atoms with Crippen molar-refractivity contribution in [2.45, 2.75) is 45.7 Å². The third-order valence-electron chi connectivity index (χ3n) is 3.61. The molecule has 3 nitrogen and oxygen atoms in total. The zero-order valence-electron chi connectivity index (χ0n) is 11.3. The molecule has 3 heteroatoms. The normalized spacial score (nSPS) is 23.2. The first kappa shape index (κ1) is 13.2. The van der Waals surface area contributed by atoms with Crippen molar-refractivity contribution in [3.63, 3.8) is 0 Å². The van der Waals surface area contributed by atoms with Crippen LogP contribution in [0, 0.1) is 5.92 Å². The number of aromatic hydroxyl groups is 1. The van der Waals surface area contributed by atoms with Gasteiger partial charge in [0.2, 0.25) is 0 Å². The molecule has 100 valence electrons. The molecule has 1 aliphatic rings. The van der Waals surface area contributed by atoms with E-state index in [0.717, 1.165) is 18.0 Å². The van der Waals surface area contributed by atoms with Gasteiger partial charge in [-0.2, -0.15) is 0 Å². The molecule has 2 N–H and O–H groups in total. The van der Waals surface area contributed by atoms with Gasteiger partial charge in [-0.25, -0.2) is 0 Å². The van der Waals surface area contributed by atoms with E-state index in [4.69, 9.17) is 4.74 Å². The lowest BCUT2D eigenvalue weighted by atomic mass is 10.1. The van der Waals surface area contributed by atoms with Crippen LogP contribution in [0.2, 0.25) is 0 Å². The minimum Gasteiger partial charge on any atom is -0.504 e. The molecule has 2 rings (SSSR count). The number of benzene rings is 1. The van der Waals surface area contributed by atoms with Crippen LogP contribution in [-0.2, 0) is 6.54 Å². The van der Waals surface area contributed by atoms with E-state index < -0.39 is 0 Å². The number of nitrogens with one attached hydrogen (secondary N) is 1. The Labute approximate surface area is 109 Å². The summed E-state index contributed by atoms with van der Waals surface area (Å²) in [6, 6.07) is 6.22. The largest absolute Gasteiger partial charge is 0.504 e. The first-order valence-corrected chi connectivity index (χ1v) is 6.87. The highest BCUT2D eigenvalue weighted by molar-refractivity contribution is 5.41. The zero-order chi connectivity index (χ0) is 13.0. The van der Waals surface area contributed by atoms with Gasteiger partial charge < -0.3 is 15.2 Å². The number of phenols is 1. The molecule has 18 heavy (non-hydrogen) atoms. The Hall–Kier alpha value is -1.22. The first-order chi connectivity index (χ1) is 8.69. The lowest BCUT2D eigenvalue weighted by Crippen LogP contribution is -2.25. The van der Waals surface area contributed by atoms with Gasteiger partial charge in [0, 0.05) is 12.6 Å². The van der Waals surface area contributed by atoms with Crippen molar-refractivity contribution in [2.24, 2.45) is 5.92 Å². The third-order valence-corrected chi connectivity index (χ3v) is 3.61. The van der Waals surface area contributed by atoms with Gasteiger partial charge in [0.1, 0.15) is 0 Å². The fourth-order valence-corrected chi connectivity index (χ4v) is 2.59. The standard InChI is InChI=1S/C15H23NO2/c1-3-18-15-9-12(5-7-14(15)17)10-16-13-6-4-11(2)8-13/h5,7,9,11,13,16-17H,3-4,6,8,10H2,1-2H3. The lowest BCUT2D eigenvalue weighted by molar-refractivity contribution is 0.317. The highest BCUT2D eigenvalue weighted by atomic mass is 16.5. The fraction of sp³-hybridized carbons (Fsp3) is 0.600. The molecule has 0 aromatic heterocycles. The molecule has 1 saturated carbocycles. The smallest absolute Gasteiger partial charge is 0.161 e. The topological polar surface area (TPSA) is 41.5 Å². The minimum absolute atomic E-state index is 0.218. The van der Waals surface area contributed by atoms with E-state index in [1.165, 1.54) is 19.3 Å². The van der Waals surface area contributed by atoms with Crippen molar-refractivity contribution in [3.8, 4) is 11.5 Å². The number of phenolic OH excluding ortho intramolecular Hbond substituents is 1. The van der Waals surface area contributed by atoms with E-state index in [1.807, 2.05) is 19.1 Å². The Bertz CT molecular complexity index is 392. The highest BCUT2D eigenvalue weighted by Gasteiger charge is 2.20. The molecule has 0 bridgehead atoms. The average Bonchev–Trinajstić information content (AvgIpc) is 2.76. The maximum atomic E-state index is 9.64. The predicted molar refractivity (Wildman–Crippen MR) is 72.9 cm³/mol. The molecule has 0 amide bonds. The summed E-state index contributed by atoms with van der Waals surface area (Å²) in [5.41, 5.74) is 1.16. The summed E-state index contributed by atoms with van der Waals surface area (Å²) in [6.45, 7) is 5.65. The van der Waals surface area contributed by atoms with Gasteiger partial charge in [-0.05, 0) is 49.8 Å². The number of ether oxygens (including phenoxy) is 1. The number of rotatable bonds is 5. The first-order valence-electron chi connectivity index (χ1n) is 6.87. The van der Waals surface area contributed by atoms with Crippen molar-refractivity contribution >= 4 is 0 Å². The van der Waals surface area contributed by atoms with E-state index in [0.29, 0.717) is 18.4 Å². The molecular formula is C15H23NO2. The van der Waals surface area contributed by atoms with E-state index in [2.05, 4.69) is 12.2 Å². The summed E-state index contributed by atoms with van der Waals surface area (Å²) >= 11 is 0. The van der Waals surface area contributed by atoms with Crippen LogP contribution in [0.1, 0.15) is 38.7 Å². The quantitative estimate of drug-likeness (QED) is 0.842. The second kappa shape index (κ2) is 6.10. The van der Waals surface area contributed by atoms with Gasteiger partial charge >= 0.3 is 0 Å². The van der Waals surface area contributed by atoms with E-state index in [1.54, 1.807) is 6.07 Å². The van der Waals surface area contributed by atoms with Crippen LogP contribution < -0.4 is 10.1 Å². The van der Waals surface area contributed by atoms with Crippen LogP contribution in [0.3, 0.4) is 0 Å². The van der Waals surface area contributed by atoms with Crippen LogP contribution in [0.4, 0.5) is 0 Å². The van der Waals surface area contributed by atoms with Gasteiger partial charge in [-0.15, -0.1) is 0 Å². The van der Waals surface area contributed by atoms with Gasteiger partial charge in [0.25, 0.3) is 0 Å². The summed E-state index contributed by atoms with van der Waals surface area (Å²) < 4.78 is 5.39. The Kier molecular flexibility index (Phi) is 4.48. The molecule has 1 aliphatic carbocycles. The van der Waals surface area contributed by atoms with Crippen LogP contribution in [-0.4, -0.2) is 17.8 Å². The minimum atomic E-state index is 0.218. The molecule has 0 spiro atoms. The lowest BCUT2D eigenvalue weighted by Gasteiger charge is -2.13. The second-order valence-corrected chi connectivity index (χ2v) is 5.23.